The summed E-state index contributed by atoms with van der Waals surface area (Å²) in [7, 11) is 1.61. The Morgan fingerprint density at radius 2 is 2.27 bits per heavy atom. The second-order valence-corrected chi connectivity index (χ2v) is 5.92. The summed E-state index contributed by atoms with van der Waals surface area (Å²) >= 11 is 5.25. The van der Waals surface area contributed by atoms with Gasteiger partial charge in [0.05, 0.1) is 7.11 Å². The Morgan fingerprint density at radius 3 is 2.95 bits per heavy atom. The van der Waals surface area contributed by atoms with E-state index in [4.69, 9.17) is 17.0 Å². The number of nitrogens with one attached hydrogen (secondary N) is 2. The van der Waals surface area contributed by atoms with Gasteiger partial charge in [-0.3, -0.25) is 0 Å². The van der Waals surface area contributed by atoms with Gasteiger partial charge in [-0.25, -0.2) is 0 Å². The average molecular weight is 323 g/mol. The van der Waals surface area contributed by atoms with Gasteiger partial charge < -0.3 is 20.3 Å². The minimum absolute atomic E-state index is 0.473. The molecule has 0 aromatic carbocycles. The maximum absolute atomic E-state index is 5.30. The molecule has 2 rings (SSSR count). The lowest BCUT2D eigenvalue weighted by atomic mass is 10.0. The number of hydrogen-bond donors (Lipinski definition) is 2. The van der Waals surface area contributed by atoms with Crippen LogP contribution in [0.25, 0.3) is 0 Å². The predicted molar refractivity (Wildman–Crippen MR) is 93.8 cm³/mol. The summed E-state index contributed by atoms with van der Waals surface area (Å²) in [6.45, 7) is 6.16. The molecule has 1 aliphatic rings. The Morgan fingerprint density at radius 1 is 1.45 bits per heavy atom. The molecule has 0 amide bonds. The van der Waals surface area contributed by atoms with E-state index < -0.39 is 0 Å². The molecule has 0 unspecified atom stereocenters. The zero-order valence-corrected chi connectivity index (χ0v) is 14.4. The van der Waals surface area contributed by atoms with Crippen LogP contribution in [0.4, 0.5) is 11.8 Å². The number of hydrogen-bond acceptors (Lipinski definition) is 5. The fraction of sp³-hybridized carbons (Fsp3) is 0.667. The molecule has 1 aromatic rings. The quantitative estimate of drug-likeness (QED) is 0.807. The van der Waals surface area contributed by atoms with Crippen LogP contribution in [0.2, 0.25) is 0 Å². The summed E-state index contributed by atoms with van der Waals surface area (Å²) in [5, 5.41) is 6.68. The van der Waals surface area contributed by atoms with Crippen LogP contribution < -0.4 is 20.3 Å². The van der Waals surface area contributed by atoms with Crippen molar-refractivity contribution in [2.45, 2.75) is 45.6 Å². The van der Waals surface area contributed by atoms with Crippen molar-refractivity contribution in [1.82, 2.24) is 15.3 Å². The standard InChI is InChI=1S/C15H25N5OS/c1-4-8-16-15(22)19-14-17-12(10-13(18-14)21-3)20-9-6-5-7-11(20)2/h10-11H,4-9H2,1-3H3,(H2,16,17,18,19,22)/t11-/m1/s1. The van der Waals surface area contributed by atoms with E-state index >= 15 is 0 Å². The molecule has 1 aliphatic heterocycles. The van der Waals surface area contributed by atoms with Gasteiger partial charge in [-0.05, 0) is 44.8 Å². The third-order valence-corrected chi connectivity index (χ3v) is 4.00. The normalized spacial score (nSPS) is 18.0. The Labute approximate surface area is 137 Å². The molecule has 6 nitrogen and oxygen atoms in total. The van der Waals surface area contributed by atoms with E-state index in [2.05, 4.69) is 39.3 Å². The van der Waals surface area contributed by atoms with Crippen molar-refractivity contribution in [3.05, 3.63) is 6.07 Å². The lowest BCUT2D eigenvalue weighted by Gasteiger charge is -2.34. The van der Waals surface area contributed by atoms with E-state index in [0.29, 0.717) is 23.0 Å². The zero-order chi connectivity index (χ0) is 15.9. The molecule has 22 heavy (non-hydrogen) atoms. The zero-order valence-electron chi connectivity index (χ0n) is 13.6. The van der Waals surface area contributed by atoms with Crippen molar-refractivity contribution >= 4 is 29.1 Å². The fourth-order valence-corrected chi connectivity index (χ4v) is 2.74. The lowest BCUT2D eigenvalue weighted by Crippen LogP contribution is -2.38. The molecule has 2 N–H and O–H groups in total. The van der Waals surface area contributed by atoms with Gasteiger partial charge >= 0.3 is 0 Å². The van der Waals surface area contributed by atoms with Crippen LogP contribution >= 0.6 is 12.2 Å². The van der Waals surface area contributed by atoms with Gasteiger partial charge in [-0.2, -0.15) is 9.97 Å². The summed E-state index contributed by atoms with van der Waals surface area (Å²) in [4.78, 5) is 11.2. The summed E-state index contributed by atoms with van der Waals surface area (Å²) in [6, 6.07) is 2.36. The molecule has 1 aromatic heterocycles. The molecule has 7 heteroatoms. The molecule has 1 atom stereocenters. The molecular weight excluding hydrogens is 298 g/mol. The van der Waals surface area contributed by atoms with Crippen molar-refractivity contribution in [1.29, 1.82) is 0 Å². The molecule has 2 heterocycles. The van der Waals surface area contributed by atoms with Crippen molar-refractivity contribution in [2.24, 2.45) is 0 Å². The molecule has 1 fully saturated rings. The van der Waals surface area contributed by atoms with Crippen LogP contribution in [0.15, 0.2) is 6.07 Å². The highest BCUT2D eigenvalue weighted by Crippen LogP contribution is 2.26. The maximum Gasteiger partial charge on any atom is 0.234 e. The largest absolute Gasteiger partial charge is 0.481 e. The molecule has 0 spiro atoms. The number of nitrogens with zero attached hydrogens (tertiary/aromatic N) is 3. The lowest BCUT2D eigenvalue weighted by molar-refractivity contribution is 0.396. The molecule has 0 aliphatic carbocycles. The first-order valence-electron chi connectivity index (χ1n) is 7.88. The highest BCUT2D eigenvalue weighted by Gasteiger charge is 2.21. The van der Waals surface area contributed by atoms with Gasteiger partial charge in [-0.1, -0.05) is 6.92 Å². The van der Waals surface area contributed by atoms with Gasteiger partial charge in [-0.15, -0.1) is 0 Å². The van der Waals surface area contributed by atoms with Crippen molar-refractivity contribution in [3.8, 4) is 5.88 Å². The average Bonchev–Trinajstić information content (AvgIpc) is 2.53. The van der Waals surface area contributed by atoms with Crippen LogP contribution in [0.3, 0.4) is 0 Å². The maximum atomic E-state index is 5.30. The van der Waals surface area contributed by atoms with Gasteiger partial charge in [0.15, 0.2) is 5.11 Å². The van der Waals surface area contributed by atoms with Gasteiger partial charge in [0.25, 0.3) is 0 Å². The number of aromatic nitrogens is 2. The van der Waals surface area contributed by atoms with Gasteiger partial charge in [0, 0.05) is 25.2 Å². The van der Waals surface area contributed by atoms with Crippen molar-refractivity contribution in [3.63, 3.8) is 0 Å². The van der Waals surface area contributed by atoms with E-state index in [-0.39, 0.29) is 0 Å². The highest BCUT2D eigenvalue weighted by atomic mass is 32.1. The SMILES string of the molecule is CCCNC(=S)Nc1nc(OC)cc(N2CCCC[C@H]2C)n1. The fourth-order valence-electron chi connectivity index (χ4n) is 2.54. The van der Waals surface area contributed by atoms with Crippen LogP contribution in [-0.2, 0) is 0 Å². The topological polar surface area (TPSA) is 62.3 Å². The van der Waals surface area contributed by atoms with Crippen LogP contribution in [0.1, 0.15) is 39.5 Å². The monoisotopic (exact) mass is 323 g/mol. The first-order valence-corrected chi connectivity index (χ1v) is 8.29. The van der Waals surface area contributed by atoms with E-state index in [1.807, 2.05) is 6.07 Å². The van der Waals surface area contributed by atoms with Crippen LogP contribution in [-0.4, -0.2) is 41.3 Å². The van der Waals surface area contributed by atoms with E-state index in [9.17, 15) is 0 Å². The first kappa shape index (κ1) is 16.7. The second kappa shape index (κ2) is 8.12. The Kier molecular flexibility index (Phi) is 6.18. The summed E-state index contributed by atoms with van der Waals surface area (Å²) in [5.41, 5.74) is 0. The highest BCUT2D eigenvalue weighted by molar-refractivity contribution is 7.80. The Balaban J connectivity index is 2.16. The van der Waals surface area contributed by atoms with Crippen LogP contribution in [0, 0.1) is 0 Å². The van der Waals surface area contributed by atoms with Crippen LogP contribution in [0.5, 0.6) is 5.88 Å². The molecule has 0 bridgehead atoms. The minimum Gasteiger partial charge on any atom is -0.481 e. The third-order valence-electron chi connectivity index (χ3n) is 3.76. The molecule has 122 valence electrons. The number of methoxy groups -OCH3 is 1. The smallest absolute Gasteiger partial charge is 0.234 e. The predicted octanol–water partition coefficient (Wildman–Crippen LogP) is 2.56. The Bertz CT molecular complexity index is 511. The summed E-state index contributed by atoms with van der Waals surface area (Å²) in [5.74, 6) is 1.91. The van der Waals surface area contributed by atoms with Crippen molar-refractivity contribution < 1.29 is 4.74 Å². The number of rotatable bonds is 5. The van der Waals surface area contributed by atoms with E-state index in [1.165, 1.54) is 19.3 Å². The number of anilines is 2. The number of ether oxygens (including phenoxy) is 1. The van der Waals surface area contributed by atoms with E-state index in [0.717, 1.165) is 25.3 Å². The molecule has 0 saturated carbocycles. The summed E-state index contributed by atoms with van der Waals surface area (Å²) in [6.07, 6.45) is 4.66. The molecular formula is C15H25N5OS. The third kappa shape index (κ3) is 4.43. The second-order valence-electron chi connectivity index (χ2n) is 5.51. The minimum atomic E-state index is 0.473. The van der Waals surface area contributed by atoms with E-state index in [1.54, 1.807) is 7.11 Å². The molecule has 0 radical (unpaired) electrons. The molecule has 1 saturated heterocycles. The Hall–Kier alpha value is -1.63. The summed E-state index contributed by atoms with van der Waals surface area (Å²) < 4.78 is 5.30. The number of piperidine rings is 1. The number of thiocarbonyl (C=S) groups is 1. The van der Waals surface area contributed by atoms with Gasteiger partial charge in [0.2, 0.25) is 11.8 Å². The van der Waals surface area contributed by atoms with Crippen molar-refractivity contribution in [2.75, 3.05) is 30.4 Å². The first-order chi connectivity index (χ1) is 10.6. The van der Waals surface area contributed by atoms with Gasteiger partial charge in [0.1, 0.15) is 5.82 Å².